The molecule has 0 spiro atoms. The molecule has 3 rings (SSSR count). The minimum atomic E-state index is -0.725. The van der Waals surface area contributed by atoms with Crippen molar-refractivity contribution in [3.05, 3.63) is 64.9 Å². The molecule has 0 unspecified atom stereocenters. The van der Waals surface area contributed by atoms with Crippen LogP contribution in [0.2, 0.25) is 0 Å². The van der Waals surface area contributed by atoms with Crippen molar-refractivity contribution in [1.82, 2.24) is 4.98 Å². The number of hydrogen-bond acceptors (Lipinski definition) is 6. The molecule has 26 heavy (non-hydrogen) atoms. The van der Waals surface area contributed by atoms with Gasteiger partial charge in [-0.25, -0.2) is 14.2 Å². The number of nitrogens with zero attached hydrogens (tertiary/aromatic N) is 1. The number of esters is 1. The Balaban J connectivity index is 1.75. The van der Waals surface area contributed by atoms with E-state index < -0.39 is 11.8 Å². The minimum Gasteiger partial charge on any atom is -0.493 e. The van der Waals surface area contributed by atoms with Crippen LogP contribution in [0.25, 0.3) is 10.6 Å². The summed E-state index contributed by atoms with van der Waals surface area (Å²) in [5.41, 5.74) is 1.25. The molecule has 7 heteroatoms. The van der Waals surface area contributed by atoms with E-state index in [1.54, 1.807) is 31.7 Å². The van der Waals surface area contributed by atoms with Gasteiger partial charge < -0.3 is 14.2 Å². The van der Waals surface area contributed by atoms with E-state index in [2.05, 4.69) is 4.98 Å². The molecule has 0 aliphatic rings. The van der Waals surface area contributed by atoms with Gasteiger partial charge in [0.05, 0.1) is 31.0 Å². The topological polar surface area (TPSA) is 57.7 Å². The summed E-state index contributed by atoms with van der Waals surface area (Å²) in [6.07, 6.45) is 0. The Kier molecular flexibility index (Phi) is 5.48. The highest BCUT2D eigenvalue weighted by Gasteiger charge is 2.16. The number of rotatable bonds is 6. The first-order valence-corrected chi connectivity index (χ1v) is 8.59. The molecular weight excluding hydrogens is 357 g/mol. The molecule has 3 aromatic rings. The molecule has 2 aromatic carbocycles. The van der Waals surface area contributed by atoms with Gasteiger partial charge in [0.25, 0.3) is 0 Å². The molecule has 0 bridgehead atoms. The molecule has 1 aromatic heterocycles. The predicted molar refractivity (Wildman–Crippen MR) is 96.2 cm³/mol. The van der Waals surface area contributed by atoms with Crippen LogP contribution in [0.1, 0.15) is 16.1 Å². The number of para-hydroxylation sites is 1. The highest BCUT2D eigenvalue weighted by atomic mass is 32.1. The van der Waals surface area contributed by atoms with Crippen molar-refractivity contribution in [2.24, 2.45) is 0 Å². The van der Waals surface area contributed by atoms with E-state index in [4.69, 9.17) is 14.2 Å². The van der Waals surface area contributed by atoms with Crippen molar-refractivity contribution in [2.45, 2.75) is 6.61 Å². The molecule has 0 N–H and O–H groups in total. The molecule has 0 fully saturated rings. The Morgan fingerprint density at radius 3 is 2.65 bits per heavy atom. The number of thiazole rings is 1. The van der Waals surface area contributed by atoms with Crippen LogP contribution < -0.4 is 9.47 Å². The van der Waals surface area contributed by atoms with Crippen molar-refractivity contribution >= 4 is 17.3 Å². The average molecular weight is 373 g/mol. The molecule has 0 saturated heterocycles. The summed E-state index contributed by atoms with van der Waals surface area (Å²) in [7, 11) is 3.13. The Morgan fingerprint density at radius 1 is 1.12 bits per heavy atom. The fourth-order valence-electron chi connectivity index (χ4n) is 2.40. The molecule has 0 amide bonds. The van der Waals surface area contributed by atoms with E-state index in [-0.39, 0.29) is 12.2 Å². The molecule has 0 radical (unpaired) electrons. The smallest absolute Gasteiger partial charge is 0.341 e. The second-order valence-corrected chi connectivity index (χ2v) is 6.10. The second-order valence-electron chi connectivity index (χ2n) is 5.24. The lowest BCUT2D eigenvalue weighted by molar-refractivity contribution is 0.0463. The fraction of sp³-hybridized carbons (Fsp3) is 0.158. The van der Waals surface area contributed by atoms with Gasteiger partial charge in [0, 0.05) is 5.38 Å². The van der Waals surface area contributed by atoms with Gasteiger partial charge in [0.15, 0.2) is 11.5 Å². The van der Waals surface area contributed by atoms with E-state index in [0.29, 0.717) is 22.2 Å². The summed E-state index contributed by atoms with van der Waals surface area (Å²) >= 11 is 1.39. The number of methoxy groups -OCH3 is 2. The highest BCUT2D eigenvalue weighted by molar-refractivity contribution is 7.13. The van der Waals surface area contributed by atoms with Crippen LogP contribution in [0, 0.1) is 5.82 Å². The van der Waals surface area contributed by atoms with E-state index in [1.807, 2.05) is 12.1 Å². The summed E-state index contributed by atoms with van der Waals surface area (Å²) in [5.74, 6) is -0.152. The molecule has 0 aliphatic carbocycles. The number of benzene rings is 2. The van der Waals surface area contributed by atoms with Crippen LogP contribution in [-0.4, -0.2) is 25.2 Å². The molecule has 0 saturated carbocycles. The number of hydrogen-bond donors (Lipinski definition) is 0. The maximum Gasteiger partial charge on any atom is 0.341 e. The van der Waals surface area contributed by atoms with Crippen molar-refractivity contribution in [3.8, 4) is 22.1 Å². The molecule has 1 heterocycles. The quantitative estimate of drug-likeness (QED) is 0.602. The van der Waals surface area contributed by atoms with Crippen LogP contribution in [0.4, 0.5) is 4.39 Å². The molecule has 0 aliphatic heterocycles. The lowest BCUT2D eigenvalue weighted by Gasteiger charge is -2.10. The summed E-state index contributed by atoms with van der Waals surface area (Å²) < 4.78 is 29.5. The average Bonchev–Trinajstić information content (AvgIpc) is 3.14. The Morgan fingerprint density at radius 2 is 1.92 bits per heavy atom. The van der Waals surface area contributed by atoms with Crippen molar-refractivity contribution < 1.29 is 23.4 Å². The minimum absolute atomic E-state index is 0.0457. The Labute approximate surface area is 154 Å². The number of ether oxygens (including phenoxy) is 3. The number of aromatic nitrogens is 1. The summed E-state index contributed by atoms with van der Waals surface area (Å²) in [4.78, 5) is 16.4. The van der Waals surface area contributed by atoms with E-state index in [1.165, 1.54) is 29.5 Å². The van der Waals surface area contributed by atoms with Gasteiger partial charge in [-0.15, -0.1) is 11.3 Å². The third kappa shape index (κ3) is 3.67. The normalized spacial score (nSPS) is 10.4. The van der Waals surface area contributed by atoms with Crippen LogP contribution >= 0.6 is 11.3 Å². The number of carbonyl (C=O) groups excluding carboxylic acids is 1. The summed E-state index contributed by atoms with van der Waals surface area (Å²) in [6, 6.07) is 11.2. The zero-order valence-electron chi connectivity index (χ0n) is 14.2. The molecular formula is C19H16FNO4S. The standard InChI is InChI=1S/C19H16FNO4S/c1-23-16-9-5-7-14(17(16)24-2)18-21-12(11-26-18)10-25-19(22)13-6-3-4-8-15(13)20/h3-9,11H,10H2,1-2H3. The maximum absolute atomic E-state index is 13.6. The van der Waals surface area contributed by atoms with Crippen molar-refractivity contribution in [2.75, 3.05) is 14.2 Å². The lowest BCUT2D eigenvalue weighted by atomic mass is 10.2. The van der Waals surface area contributed by atoms with Gasteiger partial charge in [-0.3, -0.25) is 0 Å². The first-order valence-electron chi connectivity index (χ1n) is 7.71. The highest BCUT2D eigenvalue weighted by Crippen LogP contribution is 2.39. The van der Waals surface area contributed by atoms with E-state index in [9.17, 15) is 9.18 Å². The largest absolute Gasteiger partial charge is 0.493 e. The fourth-order valence-corrected chi connectivity index (χ4v) is 3.22. The number of carbonyl (C=O) groups is 1. The summed E-state index contributed by atoms with van der Waals surface area (Å²) in [6.45, 7) is -0.0457. The number of halogens is 1. The second kappa shape index (κ2) is 7.97. The predicted octanol–water partition coefficient (Wildman–Crippen LogP) is 4.32. The van der Waals surface area contributed by atoms with Gasteiger partial charge in [0.1, 0.15) is 17.4 Å². The van der Waals surface area contributed by atoms with Crippen molar-refractivity contribution in [3.63, 3.8) is 0 Å². The SMILES string of the molecule is COc1cccc(-c2nc(COC(=O)c3ccccc3F)cs2)c1OC. The molecule has 5 nitrogen and oxygen atoms in total. The van der Waals surface area contributed by atoms with Gasteiger partial charge in [-0.1, -0.05) is 18.2 Å². The van der Waals surface area contributed by atoms with Gasteiger partial charge >= 0.3 is 5.97 Å². The Bertz CT molecular complexity index is 925. The zero-order chi connectivity index (χ0) is 18.5. The third-order valence-corrected chi connectivity index (χ3v) is 4.55. The zero-order valence-corrected chi connectivity index (χ0v) is 15.0. The van der Waals surface area contributed by atoms with Gasteiger partial charge in [-0.2, -0.15) is 0 Å². The van der Waals surface area contributed by atoms with Crippen LogP contribution in [-0.2, 0) is 11.3 Å². The van der Waals surface area contributed by atoms with Crippen molar-refractivity contribution in [1.29, 1.82) is 0 Å². The van der Waals surface area contributed by atoms with Crippen LogP contribution in [0.15, 0.2) is 47.8 Å². The van der Waals surface area contributed by atoms with Gasteiger partial charge in [-0.05, 0) is 24.3 Å². The van der Waals surface area contributed by atoms with E-state index in [0.717, 1.165) is 5.56 Å². The van der Waals surface area contributed by atoms with Crippen LogP contribution in [0.3, 0.4) is 0 Å². The lowest BCUT2D eigenvalue weighted by Crippen LogP contribution is -2.07. The first-order chi connectivity index (χ1) is 12.6. The van der Waals surface area contributed by atoms with E-state index >= 15 is 0 Å². The first kappa shape index (κ1) is 17.9. The Hall–Kier alpha value is -2.93. The molecule has 134 valence electrons. The monoisotopic (exact) mass is 373 g/mol. The van der Waals surface area contributed by atoms with Gasteiger partial charge in [0.2, 0.25) is 0 Å². The third-order valence-electron chi connectivity index (χ3n) is 3.63. The van der Waals surface area contributed by atoms with Crippen LogP contribution in [0.5, 0.6) is 11.5 Å². The summed E-state index contributed by atoms with van der Waals surface area (Å²) in [5, 5.41) is 2.49. The molecule has 0 atom stereocenters. The maximum atomic E-state index is 13.6.